The van der Waals surface area contributed by atoms with Gasteiger partial charge in [0.15, 0.2) is 0 Å². The topological polar surface area (TPSA) is 65.1 Å². The maximum Gasteiger partial charge on any atom is 0.418 e. The van der Waals surface area contributed by atoms with Crippen molar-refractivity contribution in [3.05, 3.63) is 56.9 Å². The maximum atomic E-state index is 13.9. The second-order valence-corrected chi connectivity index (χ2v) is 14.7. The SMILES string of the molecule is CC/C(C)=c1\cc(OCCCC(C)C)c(C)c\c1=C(\C(C)C)N(C(=O)OCCSSCCOC(C)=O)c1ccc(C)c(Cl)c1. The van der Waals surface area contributed by atoms with Crippen molar-refractivity contribution in [2.24, 2.45) is 11.8 Å². The monoisotopic (exact) mass is 663 g/mol. The first kappa shape index (κ1) is 37.9. The van der Waals surface area contributed by atoms with Gasteiger partial charge >= 0.3 is 12.1 Å². The Hall–Kier alpha value is -2.29. The van der Waals surface area contributed by atoms with Crippen molar-refractivity contribution >= 4 is 62.2 Å². The number of rotatable bonds is 16. The van der Waals surface area contributed by atoms with E-state index in [4.69, 9.17) is 25.8 Å². The minimum absolute atomic E-state index is 0.0190. The molecule has 2 aromatic carbocycles. The van der Waals surface area contributed by atoms with Crippen LogP contribution in [0.4, 0.5) is 10.5 Å². The number of esters is 1. The Kier molecular flexibility index (Phi) is 16.6. The Labute approximate surface area is 277 Å². The molecule has 0 aliphatic heterocycles. The van der Waals surface area contributed by atoms with E-state index in [2.05, 4.69) is 60.6 Å². The number of anilines is 1. The first-order valence-electron chi connectivity index (χ1n) is 15.5. The van der Waals surface area contributed by atoms with E-state index in [1.165, 1.54) is 12.5 Å². The molecule has 0 atom stereocenters. The van der Waals surface area contributed by atoms with Gasteiger partial charge in [-0.15, -0.1) is 0 Å². The van der Waals surface area contributed by atoms with Crippen LogP contribution in [0.1, 0.15) is 78.9 Å². The van der Waals surface area contributed by atoms with Gasteiger partial charge < -0.3 is 14.2 Å². The molecule has 0 unspecified atom stereocenters. The smallest absolute Gasteiger partial charge is 0.418 e. The van der Waals surface area contributed by atoms with Crippen LogP contribution in [0.15, 0.2) is 30.3 Å². The maximum absolute atomic E-state index is 13.9. The number of carbonyl (C=O) groups is 2. The summed E-state index contributed by atoms with van der Waals surface area (Å²) in [6.07, 6.45) is 2.54. The standard InChI is InChI=1S/C35H50ClNO5S2/c1-10-25(6)30-22-33(41-15-11-12-23(2)3)27(8)20-31(30)34(24(4)5)37(29-14-13-26(7)32(36)21-29)35(39)42-17-19-44-43-18-16-40-28(9)38/h13-14,20-24H,10-12,15-19H2,1-9H3/b30-25+,34-31+. The van der Waals surface area contributed by atoms with Gasteiger partial charge in [-0.25, -0.2) is 9.69 Å². The molecule has 1 amide bonds. The molecule has 0 aliphatic rings. The van der Waals surface area contributed by atoms with Gasteiger partial charge in [0.1, 0.15) is 19.0 Å². The van der Waals surface area contributed by atoms with Crippen LogP contribution in [-0.2, 0) is 14.3 Å². The van der Waals surface area contributed by atoms with E-state index in [0.29, 0.717) is 41.3 Å². The van der Waals surface area contributed by atoms with Gasteiger partial charge in [-0.1, -0.05) is 79.4 Å². The van der Waals surface area contributed by atoms with Crippen molar-refractivity contribution in [2.75, 3.05) is 36.2 Å². The lowest BCUT2D eigenvalue weighted by molar-refractivity contribution is -0.140. The zero-order valence-corrected chi connectivity index (χ0v) is 30.3. The largest absolute Gasteiger partial charge is 0.493 e. The number of hydrogen-bond donors (Lipinski definition) is 0. The van der Waals surface area contributed by atoms with Crippen molar-refractivity contribution in [1.29, 1.82) is 0 Å². The molecule has 0 saturated heterocycles. The molecule has 0 aromatic heterocycles. The van der Waals surface area contributed by atoms with Gasteiger partial charge in [-0.3, -0.25) is 4.79 Å². The predicted molar refractivity (Wildman–Crippen MR) is 189 cm³/mol. The van der Waals surface area contributed by atoms with E-state index in [1.54, 1.807) is 26.5 Å². The summed E-state index contributed by atoms with van der Waals surface area (Å²) in [6.45, 7) is 19.6. The zero-order valence-electron chi connectivity index (χ0n) is 27.9. The number of amides is 1. The molecule has 0 bridgehead atoms. The Morgan fingerprint density at radius 2 is 1.55 bits per heavy atom. The van der Waals surface area contributed by atoms with E-state index in [9.17, 15) is 9.59 Å². The average molecular weight is 664 g/mol. The summed E-state index contributed by atoms with van der Waals surface area (Å²) in [5.41, 5.74) is 4.66. The molecule has 244 valence electrons. The van der Waals surface area contributed by atoms with E-state index < -0.39 is 6.09 Å². The van der Waals surface area contributed by atoms with Crippen LogP contribution in [0, 0.1) is 25.7 Å². The van der Waals surface area contributed by atoms with Crippen LogP contribution in [0.5, 0.6) is 5.75 Å². The Balaban J connectivity index is 2.55. The molecule has 2 rings (SSSR count). The fourth-order valence-electron chi connectivity index (χ4n) is 4.59. The van der Waals surface area contributed by atoms with Crippen LogP contribution in [0.3, 0.4) is 0 Å². The second-order valence-electron chi connectivity index (χ2n) is 11.6. The average Bonchev–Trinajstić information content (AvgIpc) is 2.96. The van der Waals surface area contributed by atoms with Crippen LogP contribution in [-0.4, -0.2) is 43.4 Å². The number of hydrogen-bond acceptors (Lipinski definition) is 7. The highest BCUT2D eigenvalue weighted by atomic mass is 35.5. The summed E-state index contributed by atoms with van der Waals surface area (Å²) in [5.74, 6) is 2.48. The van der Waals surface area contributed by atoms with Gasteiger partial charge in [0.05, 0.1) is 12.3 Å². The number of benzene rings is 2. The third-order valence-electron chi connectivity index (χ3n) is 7.10. The molecule has 0 saturated carbocycles. The molecule has 0 heterocycles. The van der Waals surface area contributed by atoms with E-state index in [0.717, 1.165) is 52.3 Å². The minimum atomic E-state index is -0.453. The van der Waals surface area contributed by atoms with Crippen LogP contribution in [0.2, 0.25) is 5.02 Å². The van der Waals surface area contributed by atoms with E-state index in [1.807, 2.05) is 25.1 Å². The highest BCUT2D eigenvalue weighted by Gasteiger charge is 2.26. The molecule has 2 aromatic rings. The van der Waals surface area contributed by atoms with Crippen LogP contribution < -0.4 is 20.1 Å². The van der Waals surface area contributed by atoms with Gasteiger partial charge in [0.25, 0.3) is 0 Å². The fraction of sp³-hybridized carbons (Fsp3) is 0.543. The zero-order chi connectivity index (χ0) is 32.8. The number of nitrogens with zero attached hydrogens (tertiary/aromatic N) is 1. The van der Waals surface area contributed by atoms with E-state index >= 15 is 0 Å². The highest BCUT2D eigenvalue weighted by molar-refractivity contribution is 8.76. The molecule has 0 aliphatic carbocycles. The summed E-state index contributed by atoms with van der Waals surface area (Å²) in [5, 5.41) is 2.63. The lowest BCUT2D eigenvalue weighted by Crippen LogP contribution is -2.41. The summed E-state index contributed by atoms with van der Waals surface area (Å²) < 4.78 is 17.1. The molecular weight excluding hydrogens is 614 g/mol. The number of aryl methyl sites for hydroxylation is 2. The van der Waals surface area contributed by atoms with Crippen molar-refractivity contribution in [3.8, 4) is 5.75 Å². The summed E-state index contributed by atoms with van der Waals surface area (Å²) in [6, 6.07) is 9.95. The first-order chi connectivity index (χ1) is 20.9. The lowest BCUT2D eigenvalue weighted by atomic mass is 9.99. The highest BCUT2D eigenvalue weighted by Crippen LogP contribution is 2.30. The number of carbonyl (C=O) groups excluding carboxylic acids is 2. The lowest BCUT2D eigenvalue weighted by Gasteiger charge is -2.28. The molecule has 0 radical (unpaired) electrons. The summed E-state index contributed by atoms with van der Waals surface area (Å²) in [4.78, 5) is 26.6. The quantitative estimate of drug-likeness (QED) is 0.101. The molecule has 0 fully saturated rings. The minimum Gasteiger partial charge on any atom is -0.493 e. The van der Waals surface area contributed by atoms with Crippen molar-refractivity contribution in [3.63, 3.8) is 0 Å². The van der Waals surface area contributed by atoms with Crippen molar-refractivity contribution in [1.82, 2.24) is 0 Å². The molecule has 6 nitrogen and oxygen atoms in total. The van der Waals surface area contributed by atoms with Gasteiger partial charge in [-0.05, 0) is 92.5 Å². The predicted octanol–water partition coefficient (Wildman–Crippen LogP) is 8.70. The van der Waals surface area contributed by atoms with Crippen molar-refractivity contribution in [2.45, 2.75) is 81.6 Å². The van der Waals surface area contributed by atoms with Gasteiger partial charge in [0, 0.05) is 34.4 Å². The Morgan fingerprint density at radius 3 is 2.11 bits per heavy atom. The summed E-state index contributed by atoms with van der Waals surface area (Å²) in [7, 11) is 3.16. The Bertz CT molecular complexity index is 1380. The molecule has 9 heteroatoms. The fourth-order valence-corrected chi connectivity index (χ4v) is 6.42. The van der Waals surface area contributed by atoms with Gasteiger partial charge in [-0.2, -0.15) is 0 Å². The van der Waals surface area contributed by atoms with Crippen LogP contribution >= 0.6 is 33.2 Å². The number of ether oxygens (including phenoxy) is 3. The van der Waals surface area contributed by atoms with Gasteiger partial charge in [0.2, 0.25) is 0 Å². The van der Waals surface area contributed by atoms with Crippen molar-refractivity contribution < 1.29 is 23.8 Å². The first-order valence-corrected chi connectivity index (χ1v) is 18.3. The van der Waals surface area contributed by atoms with E-state index in [-0.39, 0.29) is 18.5 Å². The molecule has 44 heavy (non-hydrogen) atoms. The second kappa shape index (κ2) is 19.3. The third kappa shape index (κ3) is 11.9. The molecule has 0 N–H and O–H groups in total. The third-order valence-corrected chi connectivity index (χ3v) is 9.84. The van der Waals surface area contributed by atoms with Crippen LogP contribution in [0.25, 0.3) is 11.3 Å². The molecule has 0 spiro atoms. The summed E-state index contributed by atoms with van der Waals surface area (Å²) >= 11 is 6.58. The number of halogens is 1. The normalized spacial score (nSPS) is 12.7. The Morgan fingerprint density at radius 1 is 0.886 bits per heavy atom. The molecular formula is C35H50ClNO5S2.